The van der Waals surface area contributed by atoms with Gasteiger partial charge in [-0.15, -0.1) is 0 Å². The van der Waals surface area contributed by atoms with Gasteiger partial charge in [0.2, 0.25) is 0 Å². The Morgan fingerprint density at radius 2 is 1.52 bits per heavy atom. The molecule has 0 fully saturated rings. The molecule has 132 valence electrons. The van der Waals surface area contributed by atoms with Gasteiger partial charge in [0.05, 0.1) is 0 Å². The van der Waals surface area contributed by atoms with Crippen LogP contribution in [-0.4, -0.2) is 28.5 Å². The van der Waals surface area contributed by atoms with Crippen molar-refractivity contribution in [3.63, 3.8) is 0 Å². The minimum Gasteiger partial charge on any atom is -0.352 e. The molecule has 25 heavy (non-hydrogen) atoms. The highest BCUT2D eigenvalue weighted by molar-refractivity contribution is 5.96. The maximum atomic E-state index is 12.1. The van der Waals surface area contributed by atoms with Gasteiger partial charge in [-0.05, 0) is 57.2 Å². The number of benzene rings is 1. The molecule has 1 atom stereocenters. The van der Waals surface area contributed by atoms with Crippen LogP contribution in [0.2, 0.25) is 0 Å². The van der Waals surface area contributed by atoms with Crippen LogP contribution in [0.15, 0.2) is 36.4 Å². The number of aromatic nitrogens is 1. The summed E-state index contributed by atoms with van der Waals surface area (Å²) in [6.45, 7) is 5.46. The fourth-order valence-corrected chi connectivity index (χ4v) is 2.42. The Morgan fingerprint density at radius 1 is 0.960 bits per heavy atom. The molecular formula is C17H21N5O3. The van der Waals surface area contributed by atoms with Crippen molar-refractivity contribution in [2.24, 2.45) is 5.73 Å². The van der Waals surface area contributed by atoms with Crippen LogP contribution >= 0.6 is 0 Å². The number of hydrazine groups is 1. The molecule has 2 rings (SSSR count). The summed E-state index contributed by atoms with van der Waals surface area (Å²) in [5.74, 6) is -1.05. The largest absolute Gasteiger partial charge is 0.352 e. The Hall–Kier alpha value is -3.29. The Kier molecular flexibility index (Phi) is 5.43. The molecule has 0 saturated heterocycles. The third-order valence-corrected chi connectivity index (χ3v) is 3.71. The summed E-state index contributed by atoms with van der Waals surface area (Å²) in [5, 5.41) is 2.21. The van der Waals surface area contributed by atoms with E-state index in [0.717, 1.165) is 17.1 Å². The molecule has 0 aliphatic heterocycles. The number of hydrogen-bond acceptors (Lipinski definition) is 3. The smallest absolute Gasteiger partial charge is 0.312 e. The average molecular weight is 343 g/mol. The molecule has 0 unspecified atom stereocenters. The first-order chi connectivity index (χ1) is 11.8. The third-order valence-electron chi connectivity index (χ3n) is 3.71. The summed E-state index contributed by atoms with van der Waals surface area (Å²) in [7, 11) is 0. The highest BCUT2D eigenvalue weighted by atomic mass is 16.2. The van der Waals surface area contributed by atoms with Gasteiger partial charge < -0.3 is 15.6 Å². The zero-order valence-corrected chi connectivity index (χ0v) is 14.3. The molecular weight excluding hydrogens is 322 g/mol. The van der Waals surface area contributed by atoms with E-state index in [2.05, 4.69) is 20.7 Å². The highest BCUT2D eigenvalue weighted by Gasteiger charge is 2.15. The van der Waals surface area contributed by atoms with E-state index < -0.39 is 23.9 Å². The van der Waals surface area contributed by atoms with Gasteiger partial charge in [-0.1, -0.05) is 0 Å². The predicted octanol–water partition coefficient (Wildman–Crippen LogP) is 0.912. The number of hydrogen-bond donors (Lipinski definition) is 4. The van der Waals surface area contributed by atoms with Crippen LogP contribution in [-0.2, 0) is 4.79 Å². The molecule has 8 nitrogen and oxygen atoms in total. The molecule has 8 heteroatoms. The van der Waals surface area contributed by atoms with Gasteiger partial charge in [0.25, 0.3) is 11.8 Å². The highest BCUT2D eigenvalue weighted by Crippen LogP contribution is 2.16. The number of carbonyl (C=O) groups is 3. The fourth-order valence-electron chi connectivity index (χ4n) is 2.42. The third kappa shape index (κ3) is 4.37. The monoisotopic (exact) mass is 343 g/mol. The number of nitrogens with two attached hydrogens (primary N) is 1. The van der Waals surface area contributed by atoms with Crippen LogP contribution in [0.1, 0.15) is 28.7 Å². The lowest BCUT2D eigenvalue weighted by Gasteiger charge is -2.13. The molecule has 5 N–H and O–H groups in total. The van der Waals surface area contributed by atoms with Gasteiger partial charge in [0.1, 0.15) is 6.04 Å². The van der Waals surface area contributed by atoms with Crippen LogP contribution in [0, 0.1) is 13.8 Å². The number of urea groups is 1. The van der Waals surface area contributed by atoms with E-state index in [0.29, 0.717) is 5.56 Å². The van der Waals surface area contributed by atoms with Crippen molar-refractivity contribution < 1.29 is 14.4 Å². The quantitative estimate of drug-likeness (QED) is 0.618. The maximum absolute atomic E-state index is 12.1. The average Bonchev–Trinajstić information content (AvgIpc) is 2.90. The van der Waals surface area contributed by atoms with Gasteiger partial charge >= 0.3 is 6.03 Å². The van der Waals surface area contributed by atoms with E-state index in [9.17, 15) is 14.4 Å². The van der Waals surface area contributed by atoms with Crippen molar-refractivity contribution in [1.29, 1.82) is 0 Å². The molecule has 0 aliphatic rings. The number of carbonyl (C=O) groups excluding carboxylic acids is 3. The Balaban J connectivity index is 1.99. The number of nitrogens with one attached hydrogen (secondary N) is 3. The Bertz CT molecular complexity index is 776. The standard InChI is InChI=1S/C17H21N5O3/c1-10-4-5-11(2)22(10)14-8-6-13(7-9-14)16(24)21-20-15(23)12(3)19-17(18)25/h4-9,12H,1-3H3,(H,20,23)(H,21,24)(H3,18,19,25)/t12-/m0/s1. The molecule has 4 amide bonds. The molecule has 0 radical (unpaired) electrons. The van der Waals surface area contributed by atoms with E-state index in [-0.39, 0.29) is 0 Å². The van der Waals surface area contributed by atoms with Gasteiger partial charge in [-0.3, -0.25) is 20.4 Å². The van der Waals surface area contributed by atoms with Crippen LogP contribution in [0.25, 0.3) is 5.69 Å². The van der Waals surface area contributed by atoms with Gasteiger partial charge in [-0.2, -0.15) is 0 Å². The van der Waals surface area contributed by atoms with E-state index in [1.54, 1.807) is 12.1 Å². The van der Waals surface area contributed by atoms with Crippen molar-refractivity contribution in [2.75, 3.05) is 0 Å². The van der Waals surface area contributed by atoms with Crippen molar-refractivity contribution in [3.8, 4) is 5.69 Å². The van der Waals surface area contributed by atoms with E-state index in [1.807, 2.05) is 38.1 Å². The lowest BCUT2D eigenvalue weighted by atomic mass is 10.2. The number of rotatable bonds is 4. The second-order valence-electron chi connectivity index (χ2n) is 5.67. The topological polar surface area (TPSA) is 118 Å². The summed E-state index contributed by atoms with van der Waals surface area (Å²) in [6.07, 6.45) is 0. The second-order valence-corrected chi connectivity index (χ2v) is 5.67. The summed E-state index contributed by atoms with van der Waals surface area (Å²) in [6, 6.07) is 9.35. The normalized spacial score (nSPS) is 11.5. The summed E-state index contributed by atoms with van der Waals surface area (Å²) >= 11 is 0. The minimum absolute atomic E-state index is 0.391. The molecule has 0 aliphatic carbocycles. The molecule has 0 saturated carbocycles. The lowest BCUT2D eigenvalue weighted by Crippen LogP contribution is -2.52. The van der Waals surface area contributed by atoms with Crippen molar-refractivity contribution >= 4 is 17.8 Å². The van der Waals surface area contributed by atoms with Crippen molar-refractivity contribution in [1.82, 2.24) is 20.7 Å². The molecule has 1 heterocycles. The van der Waals surface area contributed by atoms with Crippen molar-refractivity contribution in [2.45, 2.75) is 26.8 Å². The van der Waals surface area contributed by atoms with Crippen LogP contribution < -0.4 is 21.9 Å². The summed E-state index contributed by atoms with van der Waals surface area (Å²) in [5.41, 5.74) is 13.0. The zero-order valence-electron chi connectivity index (χ0n) is 14.3. The lowest BCUT2D eigenvalue weighted by molar-refractivity contribution is -0.123. The first kappa shape index (κ1) is 18.1. The molecule has 1 aromatic heterocycles. The molecule has 0 spiro atoms. The van der Waals surface area contributed by atoms with Gasteiger partial charge in [0.15, 0.2) is 0 Å². The van der Waals surface area contributed by atoms with E-state index in [1.165, 1.54) is 6.92 Å². The van der Waals surface area contributed by atoms with E-state index in [4.69, 9.17) is 5.73 Å². The van der Waals surface area contributed by atoms with Crippen LogP contribution in [0.5, 0.6) is 0 Å². The SMILES string of the molecule is Cc1ccc(C)n1-c1ccc(C(=O)NNC(=O)[C@H](C)NC(N)=O)cc1. The number of amides is 4. The number of aryl methyl sites for hydroxylation is 2. The number of nitrogens with zero attached hydrogens (tertiary/aromatic N) is 1. The minimum atomic E-state index is -0.861. The Labute approximate surface area is 145 Å². The Morgan fingerprint density at radius 3 is 2.04 bits per heavy atom. The van der Waals surface area contributed by atoms with Crippen LogP contribution in [0.4, 0.5) is 4.79 Å². The van der Waals surface area contributed by atoms with Crippen molar-refractivity contribution in [3.05, 3.63) is 53.3 Å². The first-order valence-electron chi connectivity index (χ1n) is 7.71. The summed E-state index contributed by atoms with van der Waals surface area (Å²) < 4.78 is 2.07. The van der Waals surface area contributed by atoms with Gasteiger partial charge in [-0.25, -0.2) is 4.79 Å². The van der Waals surface area contributed by atoms with Crippen LogP contribution in [0.3, 0.4) is 0 Å². The molecule has 0 bridgehead atoms. The predicted molar refractivity (Wildman–Crippen MR) is 93.0 cm³/mol. The molecule has 2 aromatic rings. The van der Waals surface area contributed by atoms with Gasteiger partial charge in [0, 0.05) is 22.6 Å². The molecule has 1 aromatic carbocycles. The zero-order chi connectivity index (χ0) is 18.6. The first-order valence-corrected chi connectivity index (χ1v) is 7.71. The maximum Gasteiger partial charge on any atom is 0.312 e. The summed E-state index contributed by atoms with van der Waals surface area (Å²) in [4.78, 5) is 34.5. The second kappa shape index (κ2) is 7.52. The number of primary amides is 1. The van der Waals surface area contributed by atoms with E-state index >= 15 is 0 Å². The fraction of sp³-hybridized carbons (Fsp3) is 0.235.